The van der Waals surface area contributed by atoms with E-state index in [0.29, 0.717) is 5.69 Å². The summed E-state index contributed by atoms with van der Waals surface area (Å²) in [5.74, 6) is -0.578. The van der Waals surface area contributed by atoms with Gasteiger partial charge in [0.25, 0.3) is 0 Å². The first-order valence-corrected chi connectivity index (χ1v) is 4.25. The summed E-state index contributed by atoms with van der Waals surface area (Å²) in [5.41, 5.74) is 13.0. The van der Waals surface area contributed by atoms with E-state index >= 15 is 0 Å². The fourth-order valence-electron chi connectivity index (χ4n) is 1.46. The largest absolute Gasteiger partial charge is 0.368 e. The molecule has 1 aliphatic carbocycles. The number of nitrogens with two attached hydrogens (primary N) is 2. The Morgan fingerprint density at radius 3 is 3.00 bits per heavy atom. The highest BCUT2D eigenvalue weighted by Gasteiger charge is 2.20. The lowest BCUT2D eigenvalue weighted by atomic mass is 10.1. The van der Waals surface area contributed by atoms with Gasteiger partial charge in [0, 0.05) is 12.0 Å². The fraction of sp³-hybridized carbons (Fsp3) is 0.222. The zero-order valence-corrected chi connectivity index (χ0v) is 7.47. The molecule has 0 radical (unpaired) electrons. The number of allylic oxidation sites excluding steroid dienone is 1. The topological polar surface area (TPSA) is 94.9 Å². The van der Waals surface area contributed by atoms with Gasteiger partial charge in [-0.25, -0.2) is 9.97 Å². The predicted octanol–water partition coefficient (Wildman–Crippen LogP) is -0.469. The summed E-state index contributed by atoms with van der Waals surface area (Å²) in [7, 11) is 0. The van der Waals surface area contributed by atoms with Crippen LogP contribution in [0.1, 0.15) is 23.0 Å². The molecule has 72 valence electrons. The van der Waals surface area contributed by atoms with Crippen molar-refractivity contribution < 1.29 is 4.79 Å². The maximum absolute atomic E-state index is 10.9. The van der Waals surface area contributed by atoms with E-state index in [-0.39, 0.29) is 0 Å². The van der Waals surface area contributed by atoms with E-state index in [2.05, 4.69) is 9.97 Å². The van der Waals surface area contributed by atoms with Gasteiger partial charge < -0.3 is 11.5 Å². The molecule has 0 bridgehead atoms. The Hall–Kier alpha value is -1.75. The molecule has 0 saturated carbocycles. The highest BCUT2D eigenvalue weighted by molar-refractivity contribution is 5.82. The first-order chi connectivity index (χ1) is 6.70. The first kappa shape index (κ1) is 8.83. The highest BCUT2D eigenvalue weighted by Crippen LogP contribution is 2.22. The molecule has 0 aliphatic heterocycles. The van der Waals surface area contributed by atoms with Crippen LogP contribution < -0.4 is 11.5 Å². The van der Waals surface area contributed by atoms with E-state index in [9.17, 15) is 4.79 Å². The molecule has 0 saturated heterocycles. The SMILES string of the molecule is NC(=O)C(N)c1ncnc2c1C=CC2. The van der Waals surface area contributed by atoms with Crippen LogP contribution in [-0.4, -0.2) is 15.9 Å². The van der Waals surface area contributed by atoms with Crippen LogP contribution in [0.3, 0.4) is 0 Å². The number of hydrogen-bond donors (Lipinski definition) is 2. The zero-order chi connectivity index (χ0) is 10.1. The predicted molar refractivity (Wildman–Crippen MR) is 50.9 cm³/mol. The molecule has 1 aliphatic rings. The molecule has 2 rings (SSSR count). The average Bonchev–Trinajstić information content (AvgIpc) is 2.63. The number of hydrogen-bond acceptors (Lipinski definition) is 4. The van der Waals surface area contributed by atoms with Gasteiger partial charge in [0.2, 0.25) is 5.91 Å². The highest BCUT2D eigenvalue weighted by atomic mass is 16.1. The van der Waals surface area contributed by atoms with Crippen molar-refractivity contribution in [3.63, 3.8) is 0 Å². The number of amides is 1. The van der Waals surface area contributed by atoms with Crippen molar-refractivity contribution in [2.75, 3.05) is 0 Å². The van der Waals surface area contributed by atoms with Gasteiger partial charge in [-0.2, -0.15) is 0 Å². The third kappa shape index (κ3) is 1.27. The number of carbonyl (C=O) groups excluding carboxylic acids is 1. The molecule has 1 unspecified atom stereocenters. The van der Waals surface area contributed by atoms with E-state index in [0.717, 1.165) is 17.7 Å². The Labute approximate surface area is 80.8 Å². The zero-order valence-electron chi connectivity index (χ0n) is 7.47. The van der Waals surface area contributed by atoms with Crippen LogP contribution in [0.25, 0.3) is 6.08 Å². The lowest BCUT2D eigenvalue weighted by Crippen LogP contribution is -2.29. The van der Waals surface area contributed by atoms with Gasteiger partial charge in [-0.1, -0.05) is 12.2 Å². The Morgan fingerprint density at radius 1 is 1.50 bits per heavy atom. The number of aromatic nitrogens is 2. The molecule has 14 heavy (non-hydrogen) atoms. The second-order valence-electron chi connectivity index (χ2n) is 3.11. The molecule has 1 aromatic rings. The summed E-state index contributed by atoms with van der Waals surface area (Å²) in [4.78, 5) is 19.0. The monoisotopic (exact) mass is 190 g/mol. The number of rotatable bonds is 2. The van der Waals surface area contributed by atoms with Gasteiger partial charge in [-0.15, -0.1) is 0 Å². The van der Waals surface area contributed by atoms with Crippen LogP contribution in [-0.2, 0) is 11.2 Å². The summed E-state index contributed by atoms with van der Waals surface area (Å²) in [6.45, 7) is 0. The molecular weight excluding hydrogens is 180 g/mol. The average molecular weight is 190 g/mol. The van der Waals surface area contributed by atoms with Gasteiger partial charge in [0.05, 0.1) is 11.4 Å². The summed E-state index contributed by atoms with van der Waals surface area (Å²) in [5, 5.41) is 0. The third-order valence-electron chi connectivity index (χ3n) is 2.19. The Bertz CT molecular complexity index is 413. The van der Waals surface area contributed by atoms with Gasteiger partial charge >= 0.3 is 0 Å². The molecule has 5 heteroatoms. The van der Waals surface area contributed by atoms with Crippen molar-refractivity contribution >= 4 is 12.0 Å². The van der Waals surface area contributed by atoms with Gasteiger partial charge in [0.15, 0.2) is 0 Å². The lowest BCUT2D eigenvalue weighted by Gasteiger charge is -2.09. The van der Waals surface area contributed by atoms with Gasteiger partial charge in [-0.3, -0.25) is 4.79 Å². The minimum Gasteiger partial charge on any atom is -0.368 e. The van der Waals surface area contributed by atoms with Crippen molar-refractivity contribution in [3.8, 4) is 0 Å². The third-order valence-corrected chi connectivity index (χ3v) is 2.19. The first-order valence-electron chi connectivity index (χ1n) is 4.25. The number of nitrogens with zero attached hydrogens (tertiary/aromatic N) is 2. The normalized spacial score (nSPS) is 15.2. The summed E-state index contributed by atoms with van der Waals surface area (Å²) < 4.78 is 0. The summed E-state index contributed by atoms with van der Waals surface area (Å²) in [6, 6.07) is -0.852. The second kappa shape index (κ2) is 3.19. The molecule has 5 nitrogen and oxygen atoms in total. The minimum atomic E-state index is -0.852. The van der Waals surface area contributed by atoms with Crippen LogP contribution in [0, 0.1) is 0 Å². The number of fused-ring (bicyclic) bond motifs is 1. The maximum Gasteiger partial charge on any atom is 0.240 e. The van der Waals surface area contributed by atoms with Crippen LogP contribution in [0.2, 0.25) is 0 Å². The van der Waals surface area contributed by atoms with Crippen molar-refractivity contribution in [1.82, 2.24) is 9.97 Å². The van der Waals surface area contributed by atoms with E-state index in [1.54, 1.807) is 0 Å². The van der Waals surface area contributed by atoms with Crippen LogP contribution in [0.15, 0.2) is 12.4 Å². The van der Waals surface area contributed by atoms with E-state index in [1.165, 1.54) is 6.33 Å². The molecule has 0 aromatic carbocycles. The molecule has 0 fully saturated rings. The lowest BCUT2D eigenvalue weighted by molar-refractivity contribution is -0.119. The van der Waals surface area contributed by atoms with Crippen molar-refractivity contribution in [2.45, 2.75) is 12.5 Å². The molecule has 1 aromatic heterocycles. The minimum absolute atomic E-state index is 0.510. The van der Waals surface area contributed by atoms with Crippen molar-refractivity contribution in [3.05, 3.63) is 29.4 Å². The number of carbonyl (C=O) groups is 1. The standard InChI is InChI=1S/C9H10N4O/c10-7(9(11)14)8-5-2-1-3-6(5)12-4-13-8/h1-2,4,7H,3,10H2,(H2,11,14). The molecular formula is C9H10N4O. The molecule has 1 heterocycles. The van der Waals surface area contributed by atoms with Crippen molar-refractivity contribution in [2.24, 2.45) is 11.5 Å². The van der Waals surface area contributed by atoms with Gasteiger partial charge in [-0.05, 0) is 0 Å². The maximum atomic E-state index is 10.9. The van der Waals surface area contributed by atoms with E-state index < -0.39 is 11.9 Å². The van der Waals surface area contributed by atoms with Crippen LogP contribution >= 0.6 is 0 Å². The smallest absolute Gasteiger partial charge is 0.240 e. The second-order valence-corrected chi connectivity index (χ2v) is 3.11. The Morgan fingerprint density at radius 2 is 2.29 bits per heavy atom. The Balaban J connectivity index is 2.49. The van der Waals surface area contributed by atoms with Crippen LogP contribution in [0.4, 0.5) is 0 Å². The molecule has 1 atom stereocenters. The van der Waals surface area contributed by atoms with E-state index in [1.807, 2.05) is 12.2 Å². The van der Waals surface area contributed by atoms with Crippen molar-refractivity contribution in [1.29, 1.82) is 0 Å². The summed E-state index contributed by atoms with van der Waals surface area (Å²) >= 11 is 0. The molecule has 0 spiro atoms. The van der Waals surface area contributed by atoms with Crippen LogP contribution in [0.5, 0.6) is 0 Å². The molecule has 1 amide bonds. The quantitative estimate of drug-likeness (QED) is 0.659. The summed E-state index contributed by atoms with van der Waals surface area (Å²) in [6.07, 6.45) is 5.99. The Kier molecular flexibility index (Phi) is 2.01. The molecule has 4 N–H and O–H groups in total. The fourth-order valence-corrected chi connectivity index (χ4v) is 1.46. The van der Waals surface area contributed by atoms with E-state index in [4.69, 9.17) is 11.5 Å². The number of primary amides is 1. The van der Waals surface area contributed by atoms with Gasteiger partial charge in [0.1, 0.15) is 12.4 Å².